The van der Waals surface area contributed by atoms with Crippen LogP contribution in [-0.2, 0) is 11.3 Å². The standard InChI is InChI=1S/C14H23N3O/c1-11-5-6-12(10-16-11)9-15-8-7-13(18)17-14(2,3)4/h5-6,10,15H,7-9H2,1-4H3,(H,17,18). The quantitative estimate of drug-likeness (QED) is 0.782. The molecule has 0 aliphatic rings. The Balaban J connectivity index is 2.19. The maximum Gasteiger partial charge on any atom is 0.221 e. The van der Waals surface area contributed by atoms with Gasteiger partial charge in [0.25, 0.3) is 0 Å². The second-order valence-corrected chi connectivity index (χ2v) is 5.53. The topological polar surface area (TPSA) is 54.0 Å². The molecule has 0 bridgehead atoms. The third kappa shape index (κ3) is 6.35. The lowest BCUT2D eigenvalue weighted by molar-refractivity contribution is -0.122. The summed E-state index contributed by atoms with van der Waals surface area (Å²) in [5.41, 5.74) is 2.00. The molecule has 2 N–H and O–H groups in total. The summed E-state index contributed by atoms with van der Waals surface area (Å²) in [6.07, 6.45) is 2.36. The average molecular weight is 249 g/mol. The Morgan fingerprint density at radius 1 is 1.33 bits per heavy atom. The highest BCUT2D eigenvalue weighted by Crippen LogP contribution is 2.00. The van der Waals surface area contributed by atoms with E-state index in [1.54, 1.807) is 0 Å². The minimum atomic E-state index is -0.155. The van der Waals surface area contributed by atoms with Crippen LogP contribution in [0.3, 0.4) is 0 Å². The van der Waals surface area contributed by atoms with E-state index in [2.05, 4.69) is 15.6 Å². The summed E-state index contributed by atoms with van der Waals surface area (Å²) < 4.78 is 0. The van der Waals surface area contributed by atoms with Gasteiger partial charge in [-0.25, -0.2) is 0 Å². The molecule has 0 aliphatic heterocycles. The summed E-state index contributed by atoms with van der Waals surface area (Å²) in [5, 5.41) is 6.17. The van der Waals surface area contributed by atoms with Crippen LogP contribution in [0.1, 0.15) is 38.4 Å². The summed E-state index contributed by atoms with van der Waals surface area (Å²) >= 11 is 0. The second-order valence-electron chi connectivity index (χ2n) is 5.53. The fraction of sp³-hybridized carbons (Fsp3) is 0.571. The fourth-order valence-electron chi connectivity index (χ4n) is 1.52. The van der Waals surface area contributed by atoms with Crippen molar-refractivity contribution >= 4 is 5.91 Å². The van der Waals surface area contributed by atoms with Crippen LogP contribution in [0.5, 0.6) is 0 Å². The molecule has 18 heavy (non-hydrogen) atoms. The molecule has 100 valence electrons. The molecule has 4 heteroatoms. The van der Waals surface area contributed by atoms with Crippen molar-refractivity contribution in [3.63, 3.8) is 0 Å². The predicted molar refractivity (Wildman–Crippen MR) is 73.2 cm³/mol. The first-order valence-electron chi connectivity index (χ1n) is 6.30. The maximum absolute atomic E-state index is 11.6. The van der Waals surface area contributed by atoms with Crippen molar-refractivity contribution in [1.82, 2.24) is 15.6 Å². The molecule has 0 saturated carbocycles. The van der Waals surface area contributed by atoms with Gasteiger partial charge in [-0.15, -0.1) is 0 Å². The summed E-state index contributed by atoms with van der Waals surface area (Å²) in [6, 6.07) is 4.04. The summed E-state index contributed by atoms with van der Waals surface area (Å²) in [6.45, 7) is 9.34. The second kappa shape index (κ2) is 6.50. The lowest BCUT2D eigenvalue weighted by atomic mass is 10.1. The molecule has 0 spiro atoms. The van der Waals surface area contributed by atoms with E-state index < -0.39 is 0 Å². The highest BCUT2D eigenvalue weighted by atomic mass is 16.1. The van der Waals surface area contributed by atoms with E-state index in [0.29, 0.717) is 13.0 Å². The Labute approximate surface area is 109 Å². The van der Waals surface area contributed by atoms with Crippen LogP contribution < -0.4 is 10.6 Å². The van der Waals surface area contributed by atoms with E-state index in [9.17, 15) is 4.79 Å². The van der Waals surface area contributed by atoms with Crippen molar-refractivity contribution in [2.75, 3.05) is 6.54 Å². The number of carbonyl (C=O) groups excluding carboxylic acids is 1. The molecule has 0 aliphatic carbocycles. The van der Waals surface area contributed by atoms with Gasteiger partial charge in [-0.3, -0.25) is 9.78 Å². The first kappa shape index (κ1) is 14.6. The molecule has 1 heterocycles. The minimum absolute atomic E-state index is 0.0806. The lowest BCUT2D eigenvalue weighted by Gasteiger charge is -2.20. The SMILES string of the molecule is Cc1ccc(CNCCC(=O)NC(C)(C)C)cn1. The maximum atomic E-state index is 11.6. The highest BCUT2D eigenvalue weighted by Gasteiger charge is 2.12. The number of hydrogen-bond acceptors (Lipinski definition) is 3. The lowest BCUT2D eigenvalue weighted by Crippen LogP contribution is -2.41. The number of nitrogens with one attached hydrogen (secondary N) is 2. The van der Waals surface area contributed by atoms with Crippen molar-refractivity contribution in [3.05, 3.63) is 29.6 Å². The Morgan fingerprint density at radius 3 is 2.61 bits per heavy atom. The molecule has 0 radical (unpaired) electrons. The smallest absolute Gasteiger partial charge is 0.221 e. The zero-order valence-corrected chi connectivity index (χ0v) is 11.7. The molecule has 1 aromatic heterocycles. The number of amides is 1. The minimum Gasteiger partial charge on any atom is -0.351 e. The van der Waals surface area contributed by atoms with Gasteiger partial charge in [-0.1, -0.05) is 6.07 Å². The van der Waals surface area contributed by atoms with Crippen molar-refractivity contribution in [3.8, 4) is 0 Å². The van der Waals surface area contributed by atoms with Crippen LogP contribution in [-0.4, -0.2) is 23.0 Å². The average Bonchev–Trinajstić information content (AvgIpc) is 2.24. The van der Waals surface area contributed by atoms with Gasteiger partial charge in [0.15, 0.2) is 0 Å². The number of pyridine rings is 1. The number of carbonyl (C=O) groups is 1. The van der Waals surface area contributed by atoms with Gasteiger partial charge < -0.3 is 10.6 Å². The van der Waals surface area contributed by atoms with Gasteiger partial charge in [0, 0.05) is 36.9 Å². The van der Waals surface area contributed by atoms with E-state index in [0.717, 1.165) is 17.8 Å². The number of aryl methyl sites for hydroxylation is 1. The molecule has 0 aromatic carbocycles. The van der Waals surface area contributed by atoms with E-state index >= 15 is 0 Å². The van der Waals surface area contributed by atoms with Crippen LogP contribution in [0, 0.1) is 6.92 Å². The summed E-state index contributed by atoms with van der Waals surface area (Å²) in [5.74, 6) is 0.0806. The van der Waals surface area contributed by atoms with Crippen LogP contribution >= 0.6 is 0 Å². The van der Waals surface area contributed by atoms with Gasteiger partial charge in [0.2, 0.25) is 5.91 Å². The molecule has 0 atom stereocenters. The largest absolute Gasteiger partial charge is 0.351 e. The molecule has 4 nitrogen and oxygen atoms in total. The van der Waals surface area contributed by atoms with Crippen LogP contribution in [0.25, 0.3) is 0 Å². The number of rotatable bonds is 5. The third-order valence-corrected chi connectivity index (χ3v) is 2.35. The Morgan fingerprint density at radius 2 is 2.06 bits per heavy atom. The molecule has 1 rings (SSSR count). The molecular formula is C14H23N3O. The Bertz CT molecular complexity index is 379. The van der Waals surface area contributed by atoms with Crippen LogP contribution in [0.4, 0.5) is 0 Å². The Hall–Kier alpha value is -1.42. The molecule has 1 amide bonds. The van der Waals surface area contributed by atoms with Gasteiger partial charge in [-0.05, 0) is 39.3 Å². The van der Waals surface area contributed by atoms with Gasteiger partial charge in [-0.2, -0.15) is 0 Å². The van der Waals surface area contributed by atoms with Crippen LogP contribution in [0.2, 0.25) is 0 Å². The zero-order valence-electron chi connectivity index (χ0n) is 11.7. The van der Waals surface area contributed by atoms with E-state index in [1.165, 1.54) is 0 Å². The number of nitrogens with zero attached hydrogens (tertiary/aromatic N) is 1. The van der Waals surface area contributed by atoms with Gasteiger partial charge >= 0.3 is 0 Å². The number of hydrogen-bond donors (Lipinski definition) is 2. The zero-order chi connectivity index (χ0) is 13.6. The predicted octanol–water partition coefficient (Wildman–Crippen LogP) is 1.78. The third-order valence-electron chi connectivity index (χ3n) is 2.35. The van der Waals surface area contributed by atoms with E-state index in [-0.39, 0.29) is 11.4 Å². The molecular weight excluding hydrogens is 226 g/mol. The first-order valence-corrected chi connectivity index (χ1v) is 6.30. The van der Waals surface area contributed by atoms with Crippen LogP contribution in [0.15, 0.2) is 18.3 Å². The molecule has 0 saturated heterocycles. The number of aromatic nitrogens is 1. The first-order chi connectivity index (χ1) is 8.37. The van der Waals surface area contributed by atoms with Gasteiger partial charge in [0.05, 0.1) is 0 Å². The monoisotopic (exact) mass is 249 g/mol. The summed E-state index contributed by atoms with van der Waals surface area (Å²) in [4.78, 5) is 15.8. The van der Waals surface area contributed by atoms with E-state index in [4.69, 9.17) is 0 Å². The highest BCUT2D eigenvalue weighted by molar-refractivity contribution is 5.76. The fourth-order valence-corrected chi connectivity index (χ4v) is 1.52. The van der Waals surface area contributed by atoms with Crippen molar-refractivity contribution < 1.29 is 4.79 Å². The molecule has 0 unspecified atom stereocenters. The molecule has 1 aromatic rings. The summed E-state index contributed by atoms with van der Waals surface area (Å²) in [7, 11) is 0. The normalized spacial score (nSPS) is 11.3. The molecule has 0 fully saturated rings. The van der Waals surface area contributed by atoms with Gasteiger partial charge in [0.1, 0.15) is 0 Å². The van der Waals surface area contributed by atoms with Crippen molar-refractivity contribution in [1.29, 1.82) is 0 Å². The Kier molecular flexibility index (Phi) is 5.28. The van der Waals surface area contributed by atoms with Crippen molar-refractivity contribution in [2.45, 2.75) is 46.2 Å². The van der Waals surface area contributed by atoms with E-state index in [1.807, 2.05) is 46.0 Å². The van der Waals surface area contributed by atoms with Crippen molar-refractivity contribution in [2.24, 2.45) is 0 Å².